The summed E-state index contributed by atoms with van der Waals surface area (Å²) in [5.74, 6) is 2.06. The normalized spacial score (nSPS) is 16.8. The Labute approximate surface area is 160 Å². The Morgan fingerprint density at radius 1 is 1.23 bits per heavy atom. The second-order valence-corrected chi connectivity index (χ2v) is 7.69. The predicted molar refractivity (Wildman–Crippen MR) is 99.6 cm³/mol. The molecule has 8 heteroatoms. The van der Waals surface area contributed by atoms with E-state index in [1.54, 1.807) is 5.38 Å². The number of fused-ring (bicyclic) bond motifs is 1. The highest BCUT2D eigenvalue weighted by molar-refractivity contribution is 7.15. The van der Waals surface area contributed by atoms with Crippen LogP contribution in [0.25, 0.3) is 0 Å². The molecule has 0 unspecified atom stereocenters. The molecule has 0 aliphatic carbocycles. The van der Waals surface area contributed by atoms with Crippen molar-refractivity contribution in [1.82, 2.24) is 9.80 Å². The fourth-order valence-corrected chi connectivity index (χ4v) is 4.28. The van der Waals surface area contributed by atoms with Crippen LogP contribution in [0, 0.1) is 0 Å². The predicted octanol–water partition coefficient (Wildman–Crippen LogP) is 3.10. The SMILES string of the molecule is COc1c(C(=O)N2CCN(Cc3ccc4c(c3)OCO4)CC2)csc1Cl. The van der Waals surface area contributed by atoms with E-state index >= 15 is 0 Å². The van der Waals surface area contributed by atoms with Crippen molar-refractivity contribution in [2.24, 2.45) is 0 Å². The topological polar surface area (TPSA) is 51.2 Å². The molecule has 2 aromatic rings. The molecule has 1 fully saturated rings. The highest BCUT2D eigenvalue weighted by Gasteiger charge is 2.26. The van der Waals surface area contributed by atoms with Crippen LogP contribution in [0.4, 0.5) is 0 Å². The van der Waals surface area contributed by atoms with Crippen molar-refractivity contribution in [2.75, 3.05) is 40.1 Å². The molecular weight excluding hydrogens is 376 g/mol. The van der Waals surface area contributed by atoms with Crippen LogP contribution in [-0.4, -0.2) is 55.8 Å². The zero-order chi connectivity index (χ0) is 18.1. The van der Waals surface area contributed by atoms with Crippen molar-refractivity contribution in [3.63, 3.8) is 0 Å². The van der Waals surface area contributed by atoms with Crippen molar-refractivity contribution < 1.29 is 19.0 Å². The number of carbonyl (C=O) groups is 1. The Kier molecular flexibility index (Phi) is 4.93. The van der Waals surface area contributed by atoms with Gasteiger partial charge in [0, 0.05) is 38.1 Å². The molecule has 0 radical (unpaired) electrons. The molecule has 0 bridgehead atoms. The van der Waals surface area contributed by atoms with Crippen molar-refractivity contribution in [1.29, 1.82) is 0 Å². The van der Waals surface area contributed by atoms with Crippen molar-refractivity contribution in [3.05, 3.63) is 39.0 Å². The van der Waals surface area contributed by atoms with Gasteiger partial charge in [0.15, 0.2) is 17.2 Å². The first kappa shape index (κ1) is 17.5. The molecule has 4 rings (SSSR count). The zero-order valence-corrected chi connectivity index (χ0v) is 15.9. The Balaban J connectivity index is 1.36. The smallest absolute Gasteiger partial charge is 0.258 e. The van der Waals surface area contributed by atoms with E-state index in [0.717, 1.165) is 31.1 Å². The summed E-state index contributed by atoms with van der Waals surface area (Å²) in [5.41, 5.74) is 1.73. The largest absolute Gasteiger partial charge is 0.493 e. The first-order chi connectivity index (χ1) is 12.7. The van der Waals surface area contributed by atoms with Crippen molar-refractivity contribution in [3.8, 4) is 17.2 Å². The number of carbonyl (C=O) groups excluding carboxylic acids is 1. The summed E-state index contributed by atoms with van der Waals surface area (Å²) in [6.45, 7) is 4.11. The molecule has 0 saturated carbocycles. The monoisotopic (exact) mass is 394 g/mol. The van der Waals surface area contributed by atoms with E-state index in [-0.39, 0.29) is 12.7 Å². The van der Waals surface area contributed by atoms with E-state index in [4.69, 9.17) is 25.8 Å². The third kappa shape index (κ3) is 3.34. The summed E-state index contributed by atoms with van der Waals surface area (Å²) in [7, 11) is 1.54. The molecular formula is C18H19ClN2O4S. The molecule has 2 aliphatic heterocycles. The molecule has 2 aliphatic rings. The first-order valence-electron chi connectivity index (χ1n) is 8.37. The maximum absolute atomic E-state index is 12.7. The van der Waals surface area contributed by atoms with Crippen LogP contribution in [-0.2, 0) is 6.54 Å². The number of ether oxygens (including phenoxy) is 3. The van der Waals surface area contributed by atoms with Gasteiger partial charge in [0.2, 0.25) is 6.79 Å². The van der Waals surface area contributed by atoms with Gasteiger partial charge in [-0.05, 0) is 17.7 Å². The number of piperazine rings is 1. The van der Waals surface area contributed by atoms with Gasteiger partial charge >= 0.3 is 0 Å². The first-order valence-corrected chi connectivity index (χ1v) is 9.62. The number of nitrogens with zero attached hydrogens (tertiary/aromatic N) is 2. The molecule has 26 heavy (non-hydrogen) atoms. The van der Waals surface area contributed by atoms with Gasteiger partial charge in [0.25, 0.3) is 5.91 Å². The van der Waals surface area contributed by atoms with Crippen LogP contribution < -0.4 is 14.2 Å². The van der Waals surface area contributed by atoms with Gasteiger partial charge in [0.1, 0.15) is 4.34 Å². The molecule has 1 aromatic heterocycles. The summed E-state index contributed by atoms with van der Waals surface area (Å²) < 4.78 is 16.6. The lowest BCUT2D eigenvalue weighted by molar-refractivity contribution is 0.0626. The number of thiophene rings is 1. The van der Waals surface area contributed by atoms with Gasteiger partial charge in [-0.3, -0.25) is 9.69 Å². The number of benzene rings is 1. The van der Waals surface area contributed by atoms with Crippen LogP contribution in [0.15, 0.2) is 23.6 Å². The van der Waals surface area contributed by atoms with Crippen LogP contribution in [0.5, 0.6) is 17.2 Å². The van der Waals surface area contributed by atoms with Crippen molar-refractivity contribution in [2.45, 2.75) is 6.54 Å². The highest BCUT2D eigenvalue weighted by atomic mass is 35.5. The van der Waals surface area contributed by atoms with E-state index in [9.17, 15) is 4.79 Å². The fourth-order valence-electron chi connectivity index (χ4n) is 3.24. The molecule has 0 spiro atoms. The Morgan fingerprint density at radius 2 is 2.00 bits per heavy atom. The second kappa shape index (κ2) is 7.34. The van der Waals surface area contributed by atoms with E-state index in [0.29, 0.717) is 28.7 Å². The van der Waals surface area contributed by atoms with E-state index in [2.05, 4.69) is 11.0 Å². The van der Waals surface area contributed by atoms with Crippen LogP contribution in [0.1, 0.15) is 15.9 Å². The third-order valence-corrected chi connectivity index (χ3v) is 5.83. The van der Waals surface area contributed by atoms with Crippen molar-refractivity contribution >= 4 is 28.8 Å². The lowest BCUT2D eigenvalue weighted by atomic mass is 10.1. The summed E-state index contributed by atoms with van der Waals surface area (Å²) in [5, 5.41) is 1.77. The number of halogens is 1. The molecule has 3 heterocycles. The number of rotatable bonds is 4. The molecule has 1 aromatic carbocycles. The summed E-state index contributed by atoms with van der Waals surface area (Å²) in [6.07, 6.45) is 0. The molecule has 6 nitrogen and oxygen atoms in total. The maximum Gasteiger partial charge on any atom is 0.258 e. The second-order valence-electron chi connectivity index (χ2n) is 6.21. The molecule has 0 atom stereocenters. The van der Waals surface area contributed by atoms with Gasteiger partial charge in [-0.15, -0.1) is 11.3 Å². The van der Waals surface area contributed by atoms with Gasteiger partial charge in [0.05, 0.1) is 12.7 Å². The maximum atomic E-state index is 12.7. The summed E-state index contributed by atoms with van der Waals surface area (Å²) in [6, 6.07) is 6.03. The number of methoxy groups -OCH3 is 1. The molecule has 0 N–H and O–H groups in total. The Morgan fingerprint density at radius 3 is 2.77 bits per heavy atom. The van der Waals surface area contributed by atoms with E-state index in [1.165, 1.54) is 24.0 Å². The van der Waals surface area contributed by atoms with Crippen LogP contribution in [0.2, 0.25) is 4.34 Å². The lowest BCUT2D eigenvalue weighted by Gasteiger charge is -2.34. The molecule has 138 valence electrons. The minimum atomic E-state index is -0.0206. The zero-order valence-electron chi connectivity index (χ0n) is 14.4. The number of hydrogen-bond acceptors (Lipinski definition) is 6. The Bertz CT molecular complexity index is 818. The highest BCUT2D eigenvalue weighted by Crippen LogP contribution is 2.36. The standard InChI is InChI=1S/C18H19ClN2O4S/c1-23-16-13(10-26-17(16)19)18(22)21-6-4-20(5-7-21)9-12-2-3-14-15(8-12)25-11-24-14/h2-3,8,10H,4-7,9,11H2,1H3. The van der Waals surface area contributed by atoms with Gasteiger partial charge in [-0.2, -0.15) is 0 Å². The fraction of sp³-hybridized carbons (Fsp3) is 0.389. The minimum absolute atomic E-state index is 0.0206. The van der Waals surface area contributed by atoms with E-state index < -0.39 is 0 Å². The van der Waals surface area contributed by atoms with E-state index in [1.807, 2.05) is 17.0 Å². The average Bonchev–Trinajstić information content (AvgIpc) is 3.27. The molecule has 1 amide bonds. The van der Waals surface area contributed by atoms with Gasteiger partial charge in [-0.25, -0.2) is 0 Å². The quantitative estimate of drug-likeness (QED) is 0.797. The van der Waals surface area contributed by atoms with Gasteiger partial charge < -0.3 is 19.1 Å². The van der Waals surface area contributed by atoms with Crippen LogP contribution in [0.3, 0.4) is 0 Å². The molecule has 1 saturated heterocycles. The third-order valence-electron chi connectivity index (χ3n) is 4.64. The Hall–Kier alpha value is -1.96. The van der Waals surface area contributed by atoms with Crippen LogP contribution >= 0.6 is 22.9 Å². The lowest BCUT2D eigenvalue weighted by Crippen LogP contribution is -2.48. The number of hydrogen-bond donors (Lipinski definition) is 0. The minimum Gasteiger partial charge on any atom is -0.493 e. The van der Waals surface area contributed by atoms with Gasteiger partial charge in [-0.1, -0.05) is 17.7 Å². The average molecular weight is 395 g/mol. The summed E-state index contributed by atoms with van der Waals surface area (Å²) >= 11 is 7.40. The summed E-state index contributed by atoms with van der Waals surface area (Å²) in [4.78, 5) is 16.9. The number of amides is 1.